The summed E-state index contributed by atoms with van der Waals surface area (Å²) in [6.45, 7) is 13.5. The number of nitrogens with one attached hydrogen (secondary N) is 1. The van der Waals surface area contributed by atoms with Crippen LogP contribution in [0.4, 0.5) is 0 Å². The first-order valence-electron chi connectivity index (χ1n) is 6.54. The Morgan fingerprint density at radius 2 is 2.00 bits per heavy atom. The van der Waals surface area contributed by atoms with E-state index in [0.717, 1.165) is 19.5 Å². The second kappa shape index (κ2) is 4.36. The number of fused-ring (bicyclic) bond motifs is 1. The summed E-state index contributed by atoms with van der Waals surface area (Å²) in [7, 11) is 0. The van der Waals surface area contributed by atoms with Crippen molar-refractivity contribution in [3.8, 4) is 0 Å². The van der Waals surface area contributed by atoms with Crippen molar-refractivity contribution in [3.05, 3.63) is 15.6 Å². The van der Waals surface area contributed by atoms with Crippen LogP contribution >= 0.6 is 11.3 Å². The van der Waals surface area contributed by atoms with Crippen LogP contribution in [0.25, 0.3) is 0 Å². The first-order valence-corrected chi connectivity index (χ1v) is 7.35. The minimum Gasteiger partial charge on any atom is -0.311 e. The Hall–Kier alpha value is -0.410. The Kier molecular flexibility index (Phi) is 3.34. The molecule has 1 aromatic rings. The fourth-order valence-electron chi connectivity index (χ4n) is 3.15. The van der Waals surface area contributed by atoms with Gasteiger partial charge >= 0.3 is 0 Å². The zero-order chi connectivity index (χ0) is 12.7. The molecule has 0 aromatic carbocycles. The molecule has 1 aromatic heterocycles. The van der Waals surface area contributed by atoms with E-state index in [2.05, 4.69) is 39.9 Å². The second-order valence-electron chi connectivity index (χ2n) is 6.57. The summed E-state index contributed by atoms with van der Waals surface area (Å²) in [5.41, 5.74) is 2.03. The third-order valence-corrected chi connectivity index (χ3v) is 4.91. The molecular weight excluding hydrogens is 228 g/mol. The molecule has 1 aliphatic rings. The highest BCUT2D eigenvalue weighted by Gasteiger charge is 2.39. The molecule has 2 rings (SSSR count). The Labute approximate surface area is 109 Å². The molecule has 0 radical (unpaired) electrons. The van der Waals surface area contributed by atoms with Gasteiger partial charge in [0.1, 0.15) is 5.01 Å². The molecule has 1 aliphatic carbocycles. The maximum absolute atomic E-state index is 4.84. The Morgan fingerprint density at radius 1 is 1.29 bits per heavy atom. The second-order valence-corrected chi connectivity index (χ2v) is 7.65. The number of aromatic nitrogens is 1. The van der Waals surface area contributed by atoms with Crippen LogP contribution < -0.4 is 5.32 Å². The Bertz CT molecular complexity index is 404. The third-order valence-electron chi connectivity index (χ3n) is 3.45. The lowest BCUT2D eigenvalue weighted by Gasteiger charge is -2.39. The molecule has 2 nitrogen and oxygen atoms in total. The molecule has 0 fully saturated rings. The summed E-state index contributed by atoms with van der Waals surface area (Å²) in [4.78, 5) is 6.35. The Morgan fingerprint density at radius 3 is 2.65 bits per heavy atom. The molecule has 0 amide bonds. The highest BCUT2D eigenvalue weighted by molar-refractivity contribution is 7.11. The van der Waals surface area contributed by atoms with E-state index in [0.29, 0.717) is 10.8 Å². The van der Waals surface area contributed by atoms with Gasteiger partial charge < -0.3 is 5.32 Å². The number of thiazole rings is 1. The van der Waals surface area contributed by atoms with Crippen molar-refractivity contribution in [1.82, 2.24) is 10.3 Å². The van der Waals surface area contributed by atoms with Gasteiger partial charge in [-0.05, 0) is 24.8 Å². The lowest BCUT2D eigenvalue weighted by atomic mass is 9.67. The maximum atomic E-state index is 4.84. The topological polar surface area (TPSA) is 24.9 Å². The molecule has 96 valence electrons. The summed E-state index contributed by atoms with van der Waals surface area (Å²) in [6, 6.07) is 0. The fraction of sp³-hybridized carbons (Fsp3) is 0.786. The molecule has 0 saturated heterocycles. The van der Waals surface area contributed by atoms with Crippen molar-refractivity contribution in [1.29, 1.82) is 0 Å². The van der Waals surface area contributed by atoms with Crippen LogP contribution in [-0.4, -0.2) is 11.5 Å². The van der Waals surface area contributed by atoms with Crippen molar-refractivity contribution in [2.45, 2.75) is 59.4 Å². The highest BCUT2D eigenvalue weighted by Crippen LogP contribution is 2.47. The minimum absolute atomic E-state index is 0.291. The zero-order valence-corrected chi connectivity index (χ0v) is 12.5. The lowest BCUT2D eigenvalue weighted by molar-refractivity contribution is 0.232. The van der Waals surface area contributed by atoms with Gasteiger partial charge in [-0.3, -0.25) is 0 Å². The van der Waals surface area contributed by atoms with E-state index in [1.807, 2.05) is 11.3 Å². The van der Waals surface area contributed by atoms with E-state index in [-0.39, 0.29) is 0 Å². The van der Waals surface area contributed by atoms with Crippen LogP contribution in [0, 0.1) is 5.41 Å². The Balaban J connectivity index is 2.30. The van der Waals surface area contributed by atoms with Crippen LogP contribution in [0.1, 0.15) is 56.6 Å². The lowest BCUT2D eigenvalue weighted by Crippen LogP contribution is -2.33. The summed E-state index contributed by atoms with van der Waals surface area (Å²) in [5.74, 6) is 0. The minimum atomic E-state index is 0.291. The summed E-state index contributed by atoms with van der Waals surface area (Å²) < 4.78 is 0. The monoisotopic (exact) mass is 252 g/mol. The van der Waals surface area contributed by atoms with Crippen molar-refractivity contribution in [2.75, 3.05) is 6.54 Å². The number of hydrogen-bond donors (Lipinski definition) is 1. The number of rotatable bonds is 3. The van der Waals surface area contributed by atoms with Gasteiger partial charge in [-0.25, -0.2) is 4.98 Å². The molecule has 0 atom stereocenters. The molecule has 0 spiro atoms. The molecule has 1 heterocycles. The van der Waals surface area contributed by atoms with E-state index in [9.17, 15) is 0 Å². The predicted molar refractivity (Wildman–Crippen MR) is 74.6 cm³/mol. The van der Waals surface area contributed by atoms with Crippen molar-refractivity contribution < 1.29 is 0 Å². The molecule has 0 aliphatic heterocycles. The van der Waals surface area contributed by atoms with Crippen LogP contribution in [0.3, 0.4) is 0 Å². The van der Waals surface area contributed by atoms with Gasteiger partial charge in [0.05, 0.1) is 5.69 Å². The number of hydrogen-bond acceptors (Lipinski definition) is 3. The molecule has 3 heteroatoms. The van der Waals surface area contributed by atoms with E-state index in [4.69, 9.17) is 4.98 Å². The van der Waals surface area contributed by atoms with Crippen LogP contribution in [0.15, 0.2) is 0 Å². The van der Waals surface area contributed by atoms with E-state index in [1.54, 1.807) is 0 Å². The molecule has 0 saturated carbocycles. The number of nitrogens with zero attached hydrogens (tertiary/aromatic N) is 1. The van der Waals surface area contributed by atoms with Crippen molar-refractivity contribution in [2.24, 2.45) is 5.41 Å². The first kappa shape index (κ1) is 13.0. The van der Waals surface area contributed by atoms with Gasteiger partial charge in [0.25, 0.3) is 0 Å². The molecule has 1 N–H and O–H groups in total. The van der Waals surface area contributed by atoms with Crippen molar-refractivity contribution in [3.63, 3.8) is 0 Å². The quantitative estimate of drug-likeness (QED) is 0.890. The smallest absolute Gasteiger partial charge is 0.107 e. The van der Waals surface area contributed by atoms with Crippen LogP contribution in [-0.2, 0) is 18.4 Å². The maximum Gasteiger partial charge on any atom is 0.107 e. The predicted octanol–water partition coefficient (Wildman–Crippen LogP) is 3.50. The van der Waals surface area contributed by atoms with Crippen LogP contribution in [0.5, 0.6) is 0 Å². The van der Waals surface area contributed by atoms with Gasteiger partial charge in [0.2, 0.25) is 0 Å². The summed E-state index contributed by atoms with van der Waals surface area (Å²) in [5, 5.41) is 4.62. The molecule has 17 heavy (non-hydrogen) atoms. The largest absolute Gasteiger partial charge is 0.311 e. The van der Waals surface area contributed by atoms with E-state index in [1.165, 1.54) is 22.0 Å². The molecular formula is C14H24N2S. The average molecular weight is 252 g/mol. The van der Waals surface area contributed by atoms with Gasteiger partial charge in [0.15, 0.2) is 0 Å². The summed E-state index contributed by atoms with van der Waals surface area (Å²) in [6.07, 6.45) is 2.39. The van der Waals surface area contributed by atoms with Gasteiger partial charge in [-0.2, -0.15) is 0 Å². The average Bonchev–Trinajstić information content (AvgIpc) is 2.55. The first-order chi connectivity index (χ1) is 7.84. The van der Waals surface area contributed by atoms with Gasteiger partial charge in [-0.1, -0.05) is 34.6 Å². The van der Waals surface area contributed by atoms with Gasteiger partial charge in [-0.15, -0.1) is 11.3 Å². The van der Waals surface area contributed by atoms with E-state index < -0.39 is 0 Å². The fourth-order valence-corrected chi connectivity index (χ4v) is 4.30. The highest BCUT2D eigenvalue weighted by atomic mass is 32.1. The molecule has 0 unspecified atom stereocenters. The third kappa shape index (κ3) is 2.71. The standard InChI is InChI=1S/C14H24N2S/c1-6-15-8-11-16-10-7-13(2,3)9-14(4,5)12(10)17-11/h15H,6-9H2,1-5H3. The normalized spacial score (nSPS) is 21.2. The van der Waals surface area contributed by atoms with Crippen molar-refractivity contribution >= 4 is 11.3 Å². The van der Waals surface area contributed by atoms with Gasteiger partial charge in [0, 0.05) is 16.8 Å². The molecule has 0 bridgehead atoms. The summed E-state index contributed by atoms with van der Waals surface area (Å²) >= 11 is 1.91. The SMILES string of the molecule is CCNCc1nc2c(s1)C(C)(C)CC(C)(C)C2. The zero-order valence-electron chi connectivity index (χ0n) is 11.7. The van der Waals surface area contributed by atoms with E-state index >= 15 is 0 Å². The van der Waals surface area contributed by atoms with Crippen LogP contribution in [0.2, 0.25) is 0 Å².